The van der Waals surface area contributed by atoms with Crippen molar-refractivity contribution in [1.82, 2.24) is 9.62 Å². The van der Waals surface area contributed by atoms with E-state index in [4.69, 9.17) is 0 Å². The zero-order valence-electron chi connectivity index (χ0n) is 10.6. The summed E-state index contributed by atoms with van der Waals surface area (Å²) in [5.41, 5.74) is 0. The third-order valence-electron chi connectivity index (χ3n) is 2.30. The SMILES string of the molecule is CC(C)C(CN(C)C)NS(=O)(=O)C(C)C. The highest BCUT2D eigenvalue weighted by atomic mass is 32.2. The number of rotatable bonds is 6. The van der Waals surface area contributed by atoms with Gasteiger partial charge in [-0.3, -0.25) is 0 Å². The second-order valence-corrected chi connectivity index (χ2v) is 7.09. The molecule has 5 heteroatoms. The first kappa shape index (κ1) is 14.9. The monoisotopic (exact) mass is 236 g/mol. The molecule has 1 atom stereocenters. The summed E-state index contributed by atoms with van der Waals surface area (Å²) < 4.78 is 26.1. The maximum Gasteiger partial charge on any atom is 0.214 e. The van der Waals surface area contributed by atoms with Crippen molar-refractivity contribution in [2.45, 2.75) is 39.0 Å². The van der Waals surface area contributed by atoms with Crippen LogP contribution in [0.2, 0.25) is 0 Å². The predicted octanol–water partition coefficient (Wildman–Crippen LogP) is 0.900. The molecule has 15 heavy (non-hydrogen) atoms. The van der Waals surface area contributed by atoms with Gasteiger partial charge in [0.25, 0.3) is 0 Å². The molecule has 0 aliphatic rings. The molecule has 0 rings (SSSR count). The van der Waals surface area contributed by atoms with Crippen LogP contribution in [-0.4, -0.2) is 45.2 Å². The van der Waals surface area contributed by atoms with Crippen molar-refractivity contribution < 1.29 is 8.42 Å². The molecule has 4 nitrogen and oxygen atoms in total. The molecule has 0 bridgehead atoms. The Balaban J connectivity index is 4.56. The Morgan fingerprint density at radius 3 is 1.87 bits per heavy atom. The van der Waals surface area contributed by atoms with Crippen molar-refractivity contribution >= 4 is 10.0 Å². The zero-order chi connectivity index (χ0) is 12.2. The summed E-state index contributed by atoms with van der Waals surface area (Å²) >= 11 is 0. The van der Waals surface area contributed by atoms with E-state index in [1.807, 2.05) is 32.8 Å². The van der Waals surface area contributed by atoms with Crippen molar-refractivity contribution in [2.75, 3.05) is 20.6 Å². The van der Waals surface area contributed by atoms with Gasteiger partial charge in [-0.1, -0.05) is 13.8 Å². The van der Waals surface area contributed by atoms with Gasteiger partial charge in [0, 0.05) is 12.6 Å². The average molecular weight is 236 g/mol. The van der Waals surface area contributed by atoms with E-state index in [1.165, 1.54) is 0 Å². The molecule has 0 radical (unpaired) electrons. The van der Waals surface area contributed by atoms with Crippen LogP contribution in [0.1, 0.15) is 27.7 Å². The lowest BCUT2D eigenvalue weighted by molar-refractivity contribution is 0.314. The predicted molar refractivity (Wildman–Crippen MR) is 64.4 cm³/mol. The number of hydrogen-bond acceptors (Lipinski definition) is 3. The third kappa shape index (κ3) is 5.49. The van der Waals surface area contributed by atoms with Gasteiger partial charge in [0.2, 0.25) is 10.0 Å². The Kier molecular flexibility index (Phi) is 5.77. The maximum absolute atomic E-state index is 11.7. The van der Waals surface area contributed by atoms with Gasteiger partial charge in [-0.25, -0.2) is 13.1 Å². The zero-order valence-corrected chi connectivity index (χ0v) is 11.4. The molecule has 1 unspecified atom stereocenters. The van der Waals surface area contributed by atoms with Crippen molar-refractivity contribution in [1.29, 1.82) is 0 Å². The lowest BCUT2D eigenvalue weighted by Crippen LogP contribution is -2.47. The molecule has 0 aliphatic heterocycles. The summed E-state index contributed by atoms with van der Waals surface area (Å²) in [6.45, 7) is 8.16. The van der Waals surface area contributed by atoms with Gasteiger partial charge >= 0.3 is 0 Å². The number of likely N-dealkylation sites (N-methyl/N-ethyl adjacent to an activating group) is 1. The molecule has 0 amide bonds. The summed E-state index contributed by atoms with van der Waals surface area (Å²) in [4.78, 5) is 1.99. The fourth-order valence-corrected chi connectivity index (χ4v) is 2.17. The first-order valence-electron chi connectivity index (χ1n) is 5.32. The van der Waals surface area contributed by atoms with Crippen molar-refractivity contribution in [3.63, 3.8) is 0 Å². The molecule has 0 aromatic carbocycles. The van der Waals surface area contributed by atoms with Gasteiger partial charge in [0.05, 0.1) is 5.25 Å². The molecule has 0 spiro atoms. The molecular weight excluding hydrogens is 212 g/mol. The smallest absolute Gasteiger partial charge is 0.214 e. The lowest BCUT2D eigenvalue weighted by Gasteiger charge is -2.26. The second-order valence-electron chi connectivity index (χ2n) is 4.82. The number of hydrogen-bond donors (Lipinski definition) is 1. The van der Waals surface area contributed by atoms with E-state index in [0.717, 1.165) is 6.54 Å². The summed E-state index contributed by atoms with van der Waals surface area (Å²) in [6.07, 6.45) is 0. The molecule has 0 aromatic rings. The Bertz CT molecular complexity index is 271. The second kappa shape index (κ2) is 5.82. The summed E-state index contributed by atoms with van der Waals surface area (Å²) in [7, 11) is 0.722. The van der Waals surface area contributed by atoms with Gasteiger partial charge in [0.15, 0.2) is 0 Å². The van der Waals surface area contributed by atoms with E-state index in [2.05, 4.69) is 4.72 Å². The van der Waals surface area contributed by atoms with Crippen LogP contribution in [-0.2, 0) is 10.0 Å². The van der Waals surface area contributed by atoms with E-state index >= 15 is 0 Å². The van der Waals surface area contributed by atoms with Gasteiger partial charge < -0.3 is 4.90 Å². The van der Waals surface area contributed by atoms with E-state index in [0.29, 0.717) is 5.92 Å². The topological polar surface area (TPSA) is 49.4 Å². The average Bonchev–Trinajstić information content (AvgIpc) is 2.01. The van der Waals surface area contributed by atoms with Crippen LogP contribution in [0, 0.1) is 5.92 Å². The molecule has 92 valence electrons. The minimum Gasteiger partial charge on any atom is -0.308 e. The molecule has 0 fully saturated rings. The van der Waals surface area contributed by atoms with Crippen LogP contribution in [0.5, 0.6) is 0 Å². The highest BCUT2D eigenvalue weighted by Crippen LogP contribution is 2.07. The van der Waals surface area contributed by atoms with Gasteiger partial charge in [-0.15, -0.1) is 0 Å². The maximum atomic E-state index is 11.7. The Labute approximate surface area is 94.1 Å². The largest absolute Gasteiger partial charge is 0.308 e. The van der Waals surface area contributed by atoms with E-state index in [9.17, 15) is 8.42 Å². The first-order valence-corrected chi connectivity index (χ1v) is 6.87. The molecule has 0 aromatic heterocycles. The fraction of sp³-hybridized carbons (Fsp3) is 1.00. The fourth-order valence-electron chi connectivity index (χ4n) is 1.12. The molecule has 1 N–H and O–H groups in total. The highest BCUT2D eigenvalue weighted by molar-refractivity contribution is 7.90. The standard InChI is InChI=1S/C10H24N2O2S/c1-8(2)10(7-12(5)6)11-15(13,14)9(3)4/h8-11H,7H2,1-6H3. The van der Waals surface area contributed by atoms with E-state index in [-0.39, 0.29) is 11.3 Å². The van der Waals surface area contributed by atoms with Crippen molar-refractivity contribution in [3.05, 3.63) is 0 Å². The summed E-state index contributed by atoms with van der Waals surface area (Å²) in [6, 6.07) is -0.0209. The molecule has 0 saturated heterocycles. The number of sulfonamides is 1. The minimum atomic E-state index is -3.16. The van der Waals surface area contributed by atoms with Crippen LogP contribution in [0.3, 0.4) is 0 Å². The quantitative estimate of drug-likeness (QED) is 0.745. The van der Waals surface area contributed by atoms with Crippen LogP contribution < -0.4 is 4.72 Å². The number of nitrogens with zero attached hydrogens (tertiary/aromatic N) is 1. The minimum absolute atomic E-state index is 0.0209. The van der Waals surface area contributed by atoms with Crippen LogP contribution in [0.4, 0.5) is 0 Å². The molecule has 0 heterocycles. The van der Waals surface area contributed by atoms with Crippen molar-refractivity contribution in [2.24, 2.45) is 5.92 Å². The normalized spacial score (nSPS) is 15.3. The van der Waals surface area contributed by atoms with Crippen LogP contribution >= 0.6 is 0 Å². The Morgan fingerprint density at radius 1 is 1.13 bits per heavy atom. The van der Waals surface area contributed by atoms with E-state index in [1.54, 1.807) is 13.8 Å². The highest BCUT2D eigenvalue weighted by Gasteiger charge is 2.23. The molecule has 0 saturated carbocycles. The van der Waals surface area contributed by atoms with E-state index < -0.39 is 10.0 Å². The molecule has 0 aliphatic carbocycles. The number of nitrogens with one attached hydrogen (secondary N) is 1. The Morgan fingerprint density at radius 2 is 1.60 bits per heavy atom. The van der Waals surface area contributed by atoms with Gasteiger partial charge in [-0.05, 0) is 33.9 Å². The summed E-state index contributed by atoms with van der Waals surface area (Å²) in [5.74, 6) is 0.293. The lowest BCUT2D eigenvalue weighted by atomic mass is 10.1. The first-order chi connectivity index (χ1) is 6.66. The third-order valence-corrected chi connectivity index (χ3v) is 4.18. The summed E-state index contributed by atoms with van der Waals surface area (Å²) in [5, 5.41) is -0.374. The van der Waals surface area contributed by atoms with Gasteiger partial charge in [0.1, 0.15) is 0 Å². The molecular formula is C10H24N2O2S. The van der Waals surface area contributed by atoms with Crippen LogP contribution in [0.25, 0.3) is 0 Å². The van der Waals surface area contributed by atoms with Gasteiger partial charge in [-0.2, -0.15) is 0 Å². The van der Waals surface area contributed by atoms with Crippen LogP contribution in [0.15, 0.2) is 0 Å². The van der Waals surface area contributed by atoms with Crippen molar-refractivity contribution in [3.8, 4) is 0 Å². The Hall–Kier alpha value is -0.130.